The summed E-state index contributed by atoms with van der Waals surface area (Å²) in [6.45, 7) is 3.98. The van der Waals surface area contributed by atoms with Crippen LogP contribution in [0.15, 0.2) is 18.2 Å². The van der Waals surface area contributed by atoms with Crippen molar-refractivity contribution in [2.24, 2.45) is 0 Å². The molecule has 1 fully saturated rings. The summed E-state index contributed by atoms with van der Waals surface area (Å²) < 4.78 is 10.7. The topological polar surface area (TPSA) is 108 Å². The van der Waals surface area contributed by atoms with E-state index in [9.17, 15) is 14.9 Å². The van der Waals surface area contributed by atoms with E-state index >= 15 is 0 Å². The Morgan fingerprint density at radius 1 is 1.40 bits per heavy atom. The Morgan fingerprint density at radius 3 is 2.80 bits per heavy atom. The summed E-state index contributed by atoms with van der Waals surface area (Å²) in [5.41, 5.74) is 8.34. The van der Waals surface area contributed by atoms with Crippen LogP contribution in [0.1, 0.15) is 17.5 Å². The fourth-order valence-corrected chi connectivity index (χ4v) is 3.08. The number of anilines is 1. The number of amides is 1. The number of nitrogen functional groups attached to an aromatic ring is 1. The number of nitrogens with zero attached hydrogens (tertiary/aromatic N) is 2. The number of benzene rings is 1. The molecule has 2 heterocycles. The number of ether oxygens (including phenoxy) is 2. The van der Waals surface area contributed by atoms with Crippen molar-refractivity contribution < 1.29 is 19.2 Å². The zero-order valence-electron chi connectivity index (χ0n) is 14.1. The highest BCUT2D eigenvalue weighted by atomic mass is 16.6. The average Bonchev–Trinajstić information content (AvgIpc) is 2.64. The normalized spacial score (nSPS) is 20.9. The molecule has 8 heteroatoms. The first-order valence-electron chi connectivity index (χ1n) is 8.19. The first kappa shape index (κ1) is 17.4. The summed E-state index contributed by atoms with van der Waals surface area (Å²) in [7, 11) is 0. The third-order valence-electron chi connectivity index (χ3n) is 4.54. The lowest BCUT2D eigenvalue weighted by atomic mass is 9.96. The predicted molar refractivity (Wildman–Crippen MR) is 92.0 cm³/mol. The molecule has 0 unspecified atom stereocenters. The highest BCUT2D eigenvalue weighted by molar-refractivity contribution is 5.83. The van der Waals surface area contributed by atoms with Crippen LogP contribution in [-0.4, -0.2) is 54.7 Å². The molecule has 2 aliphatic rings. The number of aryl methyl sites for hydroxylation is 1. The van der Waals surface area contributed by atoms with Crippen LogP contribution in [-0.2, 0) is 14.3 Å². The maximum atomic E-state index is 12.4. The first-order chi connectivity index (χ1) is 12.0. The van der Waals surface area contributed by atoms with Crippen LogP contribution in [0.5, 0.6) is 0 Å². The third kappa shape index (κ3) is 3.64. The molecule has 0 aliphatic carbocycles. The summed E-state index contributed by atoms with van der Waals surface area (Å²) in [6, 6.07) is 3.35. The molecule has 1 amide bonds. The molecule has 2 N–H and O–H groups in total. The maximum absolute atomic E-state index is 12.4. The minimum absolute atomic E-state index is 0.0746. The van der Waals surface area contributed by atoms with Gasteiger partial charge in [-0.15, -0.1) is 0 Å². The van der Waals surface area contributed by atoms with Gasteiger partial charge in [0.2, 0.25) is 0 Å². The van der Waals surface area contributed by atoms with Crippen molar-refractivity contribution in [2.45, 2.75) is 19.4 Å². The molecule has 1 aromatic rings. The van der Waals surface area contributed by atoms with Gasteiger partial charge in [0.25, 0.3) is 11.6 Å². The van der Waals surface area contributed by atoms with Crippen LogP contribution in [0.2, 0.25) is 0 Å². The number of carbonyl (C=O) groups is 1. The lowest BCUT2D eigenvalue weighted by molar-refractivity contribution is -0.383. The number of rotatable bonds is 3. The molecule has 1 saturated heterocycles. The van der Waals surface area contributed by atoms with Gasteiger partial charge in [0, 0.05) is 19.2 Å². The van der Waals surface area contributed by atoms with Gasteiger partial charge < -0.3 is 20.1 Å². The van der Waals surface area contributed by atoms with Crippen LogP contribution < -0.4 is 5.73 Å². The van der Waals surface area contributed by atoms with Crippen molar-refractivity contribution in [3.63, 3.8) is 0 Å². The molecule has 1 aromatic carbocycles. The molecule has 134 valence electrons. The van der Waals surface area contributed by atoms with Gasteiger partial charge in [-0.3, -0.25) is 14.9 Å². The van der Waals surface area contributed by atoms with Crippen molar-refractivity contribution in [2.75, 3.05) is 38.6 Å². The molecule has 8 nitrogen and oxygen atoms in total. The number of hydrogen-bond donors (Lipinski definition) is 1. The Bertz CT molecular complexity index is 725. The van der Waals surface area contributed by atoms with Crippen molar-refractivity contribution in [3.05, 3.63) is 39.4 Å². The molecular formula is C17H21N3O5. The van der Waals surface area contributed by atoms with Crippen LogP contribution >= 0.6 is 0 Å². The standard InChI is InChI=1S/C17H21N3O5/c1-11-8-13(9-14(16(11)18)20(22)23)12-2-4-19(5-3-12)17(21)15-10-24-6-7-25-15/h2,8-9,15H,3-7,10,18H2,1H3/t15-/m1/s1. The molecule has 3 rings (SSSR count). The Hall–Kier alpha value is -2.45. The Morgan fingerprint density at radius 2 is 2.20 bits per heavy atom. The Balaban J connectivity index is 1.75. The van der Waals surface area contributed by atoms with Gasteiger partial charge in [-0.05, 0) is 36.1 Å². The predicted octanol–water partition coefficient (Wildman–Crippen LogP) is 1.52. The SMILES string of the molecule is Cc1cc(C2=CCN(C(=O)[C@H]3COCCO3)CC2)cc([N+](=O)[O-])c1N. The molecular weight excluding hydrogens is 326 g/mol. The number of nitro benzene ring substituents is 1. The molecule has 0 saturated carbocycles. The van der Waals surface area contributed by atoms with Gasteiger partial charge in [0.1, 0.15) is 5.69 Å². The van der Waals surface area contributed by atoms with Gasteiger partial charge in [-0.25, -0.2) is 0 Å². The molecule has 0 spiro atoms. The van der Waals surface area contributed by atoms with Gasteiger partial charge in [0.05, 0.1) is 24.7 Å². The van der Waals surface area contributed by atoms with Crippen LogP contribution in [0.3, 0.4) is 0 Å². The zero-order chi connectivity index (χ0) is 18.0. The summed E-state index contributed by atoms with van der Waals surface area (Å²) in [5.74, 6) is -0.0746. The lowest BCUT2D eigenvalue weighted by Gasteiger charge is -2.31. The molecule has 0 radical (unpaired) electrons. The van der Waals surface area contributed by atoms with E-state index in [1.54, 1.807) is 11.8 Å². The van der Waals surface area contributed by atoms with E-state index in [1.807, 2.05) is 12.1 Å². The maximum Gasteiger partial charge on any atom is 0.292 e. The van der Waals surface area contributed by atoms with E-state index in [0.717, 1.165) is 11.1 Å². The van der Waals surface area contributed by atoms with E-state index in [2.05, 4.69) is 0 Å². The quantitative estimate of drug-likeness (QED) is 0.504. The highest BCUT2D eigenvalue weighted by Gasteiger charge is 2.29. The van der Waals surface area contributed by atoms with Gasteiger partial charge >= 0.3 is 0 Å². The lowest BCUT2D eigenvalue weighted by Crippen LogP contribution is -2.46. The minimum atomic E-state index is -0.538. The highest BCUT2D eigenvalue weighted by Crippen LogP contribution is 2.32. The molecule has 0 bridgehead atoms. The zero-order valence-corrected chi connectivity index (χ0v) is 14.1. The first-order valence-corrected chi connectivity index (χ1v) is 8.19. The van der Waals surface area contributed by atoms with E-state index in [4.69, 9.17) is 15.2 Å². The number of carbonyl (C=O) groups excluding carboxylic acids is 1. The van der Waals surface area contributed by atoms with Gasteiger partial charge in [-0.1, -0.05) is 6.08 Å². The summed E-state index contributed by atoms with van der Waals surface area (Å²) in [5, 5.41) is 11.2. The van der Waals surface area contributed by atoms with Gasteiger partial charge in [0.15, 0.2) is 6.10 Å². The monoisotopic (exact) mass is 347 g/mol. The van der Waals surface area contributed by atoms with Crippen molar-refractivity contribution >= 4 is 22.9 Å². The largest absolute Gasteiger partial charge is 0.393 e. The second kappa shape index (κ2) is 7.20. The Labute approximate surface area is 145 Å². The van der Waals surface area contributed by atoms with Crippen LogP contribution in [0, 0.1) is 17.0 Å². The van der Waals surface area contributed by atoms with Crippen molar-refractivity contribution in [3.8, 4) is 0 Å². The smallest absolute Gasteiger partial charge is 0.292 e. The van der Waals surface area contributed by atoms with Crippen LogP contribution in [0.25, 0.3) is 5.57 Å². The molecule has 1 atom stereocenters. The summed E-state index contributed by atoms with van der Waals surface area (Å²) in [6.07, 6.45) is 2.02. The fourth-order valence-electron chi connectivity index (χ4n) is 3.08. The number of nitro groups is 1. The van der Waals surface area contributed by atoms with E-state index in [-0.39, 0.29) is 23.9 Å². The van der Waals surface area contributed by atoms with Crippen molar-refractivity contribution in [1.29, 1.82) is 0 Å². The molecule has 0 aromatic heterocycles. The van der Waals surface area contributed by atoms with E-state index < -0.39 is 11.0 Å². The molecule has 25 heavy (non-hydrogen) atoms. The summed E-state index contributed by atoms with van der Waals surface area (Å²) >= 11 is 0. The third-order valence-corrected chi connectivity index (χ3v) is 4.54. The number of nitrogens with two attached hydrogens (primary N) is 1. The van der Waals surface area contributed by atoms with E-state index in [1.165, 1.54) is 6.07 Å². The number of hydrogen-bond acceptors (Lipinski definition) is 6. The second-order valence-electron chi connectivity index (χ2n) is 6.18. The Kier molecular flexibility index (Phi) is 5.00. The second-order valence-corrected chi connectivity index (χ2v) is 6.18. The van der Waals surface area contributed by atoms with E-state index in [0.29, 0.717) is 38.3 Å². The van der Waals surface area contributed by atoms with Gasteiger partial charge in [-0.2, -0.15) is 0 Å². The fraction of sp³-hybridized carbons (Fsp3) is 0.471. The minimum Gasteiger partial charge on any atom is -0.393 e. The molecule has 2 aliphatic heterocycles. The summed E-state index contributed by atoms with van der Waals surface area (Å²) in [4.78, 5) is 24.8. The van der Waals surface area contributed by atoms with Crippen LogP contribution in [0.4, 0.5) is 11.4 Å². The van der Waals surface area contributed by atoms with Crippen molar-refractivity contribution in [1.82, 2.24) is 4.90 Å². The average molecular weight is 347 g/mol.